The normalized spacial score (nSPS) is 24.3. The number of nitrogens with zero attached hydrogens (tertiary/aromatic N) is 3. The van der Waals surface area contributed by atoms with E-state index in [4.69, 9.17) is 0 Å². The van der Waals surface area contributed by atoms with Gasteiger partial charge in [0.05, 0.1) is 6.20 Å². The molecular formula is C11H19N5. The molecule has 16 heavy (non-hydrogen) atoms. The Bertz CT molecular complexity index is 381. The average Bonchev–Trinajstić information content (AvgIpc) is 2.78. The van der Waals surface area contributed by atoms with Gasteiger partial charge in [-0.05, 0) is 12.3 Å². The lowest BCUT2D eigenvalue weighted by atomic mass is 10.4. The maximum Gasteiger partial charge on any atom is 0.191 e. The van der Waals surface area contributed by atoms with Crippen LogP contribution in [0.2, 0.25) is 0 Å². The lowest BCUT2D eigenvalue weighted by molar-refractivity contribution is 0.757. The molecule has 1 saturated carbocycles. The molecule has 0 bridgehead atoms. The van der Waals surface area contributed by atoms with Crippen LogP contribution in [0.1, 0.15) is 18.9 Å². The van der Waals surface area contributed by atoms with Crippen LogP contribution in [0.3, 0.4) is 0 Å². The molecule has 0 amide bonds. The topological polar surface area (TPSA) is 54.2 Å². The van der Waals surface area contributed by atoms with E-state index in [9.17, 15) is 0 Å². The monoisotopic (exact) mass is 221 g/mol. The average molecular weight is 221 g/mol. The highest BCUT2D eigenvalue weighted by Crippen LogP contribution is 2.28. The largest absolute Gasteiger partial charge is 0.353 e. The van der Waals surface area contributed by atoms with E-state index in [-0.39, 0.29) is 0 Å². The number of aliphatic imine (C=N–C) groups is 1. The van der Waals surface area contributed by atoms with Crippen LogP contribution >= 0.6 is 0 Å². The summed E-state index contributed by atoms with van der Waals surface area (Å²) in [7, 11) is 3.72. The van der Waals surface area contributed by atoms with Crippen LogP contribution in [0.15, 0.2) is 17.4 Å². The summed E-state index contributed by atoms with van der Waals surface area (Å²) in [6.45, 7) is 3.00. The molecule has 2 unspecified atom stereocenters. The fourth-order valence-corrected chi connectivity index (χ4v) is 1.64. The van der Waals surface area contributed by atoms with Crippen LogP contribution in [-0.2, 0) is 13.6 Å². The predicted octanol–water partition coefficient (Wildman–Crippen LogP) is 0.493. The van der Waals surface area contributed by atoms with Gasteiger partial charge in [-0.1, -0.05) is 6.92 Å². The highest BCUT2D eigenvalue weighted by Gasteiger charge is 2.33. The Kier molecular flexibility index (Phi) is 3.12. The zero-order valence-corrected chi connectivity index (χ0v) is 10.1. The number of guanidine groups is 1. The molecule has 0 radical (unpaired) electrons. The maximum absolute atomic E-state index is 4.19. The zero-order valence-electron chi connectivity index (χ0n) is 10.1. The second-order valence-corrected chi connectivity index (χ2v) is 4.41. The highest BCUT2D eigenvalue weighted by molar-refractivity contribution is 5.80. The van der Waals surface area contributed by atoms with Crippen LogP contribution in [0.4, 0.5) is 0 Å². The smallest absolute Gasteiger partial charge is 0.191 e. The first-order valence-electron chi connectivity index (χ1n) is 5.63. The van der Waals surface area contributed by atoms with Crippen molar-refractivity contribution in [3.05, 3.63) is 18.0 Å². The van der Waals surface area contributed by atoms with Gasteiger partial charge in [-0.2, -0.15) is 5.10 Å². The molecule has 0 spiro atoms. The SMILES string of the molecule is CN=C(NCc1cnn(C)c1)NC1CC1C. The molecule has 0 saturated heterocycles. The number of aromatic nitrogens is 2. The van der Waals surface area contributed by atoms with Crippen LogP contribution in [0.5, 0.6) is 0 Å². The third-order valence-electron chi connectivity index (χ3n) is 2.87. The Morgan fingerprint density at radius 2 is 2.44 bits per heavy atom. The van der Waals surface area contributed by atoms with Gasteiger partial charge >= 0.3 is 0 Å². The van der Waals surface area contributed by atoms with Crippen LogP contribution < -0.4 is 10.6 Å². The molecule has 1 aliphatic rings. The van der Waals surface area contributed by atoms with Crippen molar-refractivity contribution in [3.63, 3.8) is 0 Å². The van der Waals surface area contributed by atoms with Crippen molar-refractivity contribution in [2.45, 2.75) is 25.9 Å². The third-order valence-corrected chi connectivity index (χ3v) is 2.87. The Morgan fingerprint density at radius 3 is 2.94 bits per heavy atom. The van der Waals surface area contributed by atoms with E-state index in [1.54, 1.807) is 11.7 Å². The van der Waals surface area contributed by atoms with Crippen molar-refractivity contribution < 1.29 is 0 Å². The van der Waals surface area contributed by atoms with Gasteiger partial charge in [-0.3, -0.25) is 9.67 Å². The quantitative estimate of drug-likeness (QED) is 0.577. The van der Waals surface area contributed by atoms with Crippen molar-refractivity contribution in [1.82, 2.24) is 20.4 Å². The first-order valence-corrected chi connectivity index (χ1v) is 5.63. The van der Waals surface area contributed by atoms with Crippen LogP contribution in [-0.4, -0.2) is 28.8 Å². The van der Waals surface area contributed by atoms with Gasteiger partial charge in [0.2, 0.25) is 0 Å². The van der Waals surface area contributed by atoms with Crippen molar-refractivity contribution in [2.24, 2.45) is 18.0 Å². The lowest BCUT2D eigenvalue weighted by Gasteiger charge is -2.10. The Morgan fingerprint density at radius 1 is 1.69 bits per heavy atom. The molecule has 1 fully saturated rings. The molecule has 2 N–H and O–H groups in total. The van der Waals surface area contributed by atoms with Crippen molar-refractivity contribution in [2.75, 3.05) is 7.05 Å². The van der Waals surface area contributed by atoms with E-state index in [1.165, 1.54) is 6.42 Å². The summed E-state index contributed by atoms with van der Waals surface area (Å²) < 4.78 is 1.80. The van der Waals surface area contributed by atoms with E-state index < -0.39 is 0 Å². The van der Waals surface area contributed by atoms with Gasteiger partial charge in [0.25, 0.3) is 0 Å². The number of hydrogen-bond donors (Lipinski definition) is 2. The molecule has 0 aliphatic heterocycles. The Labute approximate surface area is 95.9 Å². The summed E-state index contributed by atoms with van der Waals surface area (Å²) in [6.07, 6.45) is 5.10. The first-order chi connectivity index (χ1) is 7.69. The summed E-state index contributed by atoms with van der Waals surface area (Å²) in [5.74, 6) is 1.65. The fraction of sp³-hybridized carbons (Fsp3) is 0.636. The van der Waals surface area contributed by atoms with E-state index in [0.717, 1.165) is 24.0 Å². The number of hydrogen-bond acceptors (Lipinski definition) is 2. The molecule has 0 aromatic carbocycles. The van der Waals surface area contributed by atoms with Crippen LogP contribution in [0.25, 0.3) is 0 Å². The second-order valence-electron chi connectivity index (χ2n) is 4.41. The molecule has 5 heteroatoms. The molecule has 1 heterocycles. The molecule has 88 valence electrons. The summed E-state index contributed by atoms with van der Waals surface area (Å²) in [5, 5.41) is 10.8. The standard InChI is InChI=1S/C11H19N5/c1-8-4-10(8)15-11(12-2)13-5-9-6-14-16(3)7-9/h6-8,10H,4-5H2,1-3H3,(H2,12,13,15). The molecule has 2 rings (SSSR count). The van der Waals surface area contributed by atoms with Gasteiger partial charge in [0.15, 0.2) is 5.96 Å². The number of aryl methyl sites for hydroxylation is 1. The number of rotatable bonds is 3. The van der Waals surface area contributed by atoms with Gasteiger partial charge < -0.3 is 10.6 Å². The highest BCUT2D eigenvalue weighted by atomic mass is 15.2. The summed E-state index contributed by atoms with van der Waals surface area (Å²) >= 11 is 0. The first kappa shape index (κ1) is 11.0. The van der Waals surface area contributed by atoms with E-state index in [2.05, 4.69) is 27.6 Å². The molecule has 1 aromatic heterocycles. The Balaban J connectivity index is 1.79. The molecular weight excluding hydrogens is 202 g/mol. The van der Waals surface area contributed by atoms with Gasteiger partial charge in [-0.15, -0.1) is 0 Å². The minimum Gasteiger partial charge on any atom is -0.353 e. The van der Waals surface area contributed by atoms with Crippen molar-refractivity contribution in [1.29, 1.82) is 0 Å². The van der Waals surface area contributed by atoms with E-state index in [1.807, 2.05) is 19.4 Å². The van der Waals surface area contributed by atoms with E-state index >= 15 is 0 Å². The van der Waals surface area contributed by atoms with Gasteiger partial charge in [-0.25, -0.2) is 0 Å². The van der Waals surface area contributed by atoms with Crippen molar-refractivity contribution >= 4 is 5.96 Å². The molecule has 5 nitrogen and oxygen atoms in total. The summed E-state index contributed by atoms with van der Waals surface area (Å²) in [4.78, 5) is 4.19. The van der Waals surface area contributed by atoms with Crippen molar-refractivity contribution in [3.8, 4) is 0 Å². The van der Waals surface area contributed by atoms with Crippen LogP contribution in [0, 0.1) is 5.92 Å². The summed E-state index contributed by atoms with van der Waals surface area (Å²) in [5.41, 5.74) is 1.16. The maximum atomic E-state index is 4.19. The minimum absolute atomic E-state index is 0.597. The Hall–Kier alpha value is -1.52. The number of nitrogens with one attached hydrogen (secondary N) is 2. The molecule has 1 aromatic rings. The zero-order chi connectivity index (χ0) is 11.5. The third kappa shape index (κ3) is 2.74. The summed E-state index contributed by atoms with van der Waals surface area (Å²) in [6, 6.07) is 0.597. The minimum atomic E-state index is 0.597. The van der Waals surface area contributed by atoms with Gasteiger partial charge in [0, 0.05) is 38.4 Å². The lowest BCUT2D eigenvalue weighted by Crippen LogP contribution is -2.38. The fourth-order valence-electron chi connectivity index (χ4n) is 1.64. The predicted molar refractivity (Wildman–Crippen MR) is 64.1 cm³/mol. The second kappa shape index (κ2) is 4.55. The molecule has 2 atom stereocenters. The van der Waals surface area contributed by atoms with Gasteiger partial charge in [0.1, 0.15) is 0 Å². The van der Waals surface area contributed by atoms with E-state index in [0.29, 0.717) is 6.04 Å². The molecule has 1 aliphatic carbocycles.